The van der Waals surface area contributed by atoms with Crippen molar-refractivity contribution in [3.8, 4) is 5.75 Å². The summed E-state index contributed by atoms with van der Waals surface area (Å²) in [5.74, 6) is -1.56. The maximum Gasteiger partial charge on any atom is 0.798 e. The lowest BCUT2D eigenvalue weighted by Gasteiger charge is -2.26. The average Bonchev–Trinajstić information content (AvgIpc) is 3.49. The third-order valence-corrected chi connectivity index (χ3v) is 6.53. The Bertz CT molecular complexity index is 1120. The molecule has 1 aromatic carbocycles. The van der Waals surface area contributed by atoms with Crippen LogP contribution in [0.2, 0.25) is 0 Å². The Morgan fingerprint density at radius 3 is 2.67 bits per heavy atom. The Kier molecular flexibility index (Phi) is 6.60. The second-order valence-electron chi connectivity index (χ2n) is 8.65. The van der Waals surface area contributed by atoms with Gasteiger partial charge < -0.3 is 24.2 Å². The molecule has 4 rings (SSSR count). The summed E-state index contributed by atoms with van der Waals surface area (Å²) >= 11 is 0. The molecule has 33 heavy (non-hydrogen) atoms. The fraction of sp³-hybridized carbons (Fsp3) is 0.545. The number of nitrogens with one attached hydrogen (secondary N) is 1. The smallest absolute Gasteiger partial charge is 0.492 e. The van der Waals surface area contributed by atoms with E-state index in [0.29, 0.717) is 24.5 Å². The van der Waals surface area contributed by atoms with Gasteiger partial charge in [0.2, 0.25) is 5.43 Å². The van der Waals surface area contributed by atoms with Crippen molar-refractivity contribution < 1.29 is 27.2 Å². The number of anilines is 1. The van der Waals surface area contributed by atoms with Crippen molar-refractivity contribution in [3.63, 3.8) is 0 Å². The molecule has 1 aliphatic heterocycles. The Hall–Kier alpha value is -2.69. The normalized spacial score (nSPS) is 19.1. The summed E-state index contributed by atoms with van der Waals surface area (Å²) in [4.78, 5) is 27.1. The summed E-state index contributed by atoms with van der Waals surface area (Å²) in [7, 11) is -1.95. The van der Waals surface area contributed by atoms with E-state index in [4.69, 9.17) is 4.74 Å². The summed E-state index contributed by atoms with van der Waals surface area (Å²) in [5, 5.41) is 3.31. The molecule has 1 saturated heterocycles. The van der Waals surface area contributed by atoms with Gasteiger partial charge >= 0.3 is 13.4 Å². The van der Waals surface area contributed by atoms with Crippen molar-refractivity contribution in [3.05, 3.63) is 33.9 Å². The van der Waals surface area contributed by atoms with Gasteiger partial charge in [0.25, 0.3) is 0 Å². The molecule has 178 valence electrons. The molecule has 0 radical (unpaired) electrons. The fourth-order valence-corrected chi connectivity index (χ4v) is 4.75. The fourth-order valence-electron chi connectivity index (χ4n) is 4.75. The van der Waals surface area contributed by atoms with E-state index in [9.17, 15) is 18.2 Å². The number of halogens is 3. The molecule has 0 amide bonds. The van der Waals surface area contributed by atoms with Crippen LogP contribution in [0.25, 0.3) is 10.9 Å². The van der Waals surface area contributed by atoms with Gasteiger partial charge in [-0.1, -0.05) is 6.92 Å². The van der Waals surface area contributed by atoms with Crippen molar-refractivity contribution in [2.45, 2.75) is 45.2 Å². The molecule has 11 heteroatoms. The van der Waals surface area contributed by atoms with Gasteiger partial charge in [-0.2, -0.15) is 0 Å². The van der Waals surface area contributed by atoms with E-state index >= 15 is 4.39 Å². The first kappa shape index (κ1) is 23.5. The predicted molar refractivity (Wildman–Crippen MR) is 120 cm³/mol. The first-order valence-corrected chi connectivity index (χ1v) is 11.2. The molecule has 2 fully saturated rings. The highest BCUT2D eigenvalue weighted by Crippen LogP contribution is 2.44. The van der Waals surface area contributed by atoms with Crippen LogP contribution in [0.5, 0.6) is 5.75 Å². The Labute approximate surface area is 190 Å². The van der Waals surface area contributed by atoms with Gasteiger partial charge in [0.1, 0.15) is 11.3 Å². The number of carbonyl (C=O) groups excluding carboxylic acids is 1. The zero-order valence-electron chi connectivity index (χ0n) is 18.9. The van der Waals surface area contributed by atoms with Crippen LogP contribution in [0.4, 0.5) is 18.7 Å². The quantitative estimate of drug-likeness (QED) is 0.603. The molecule has 0 spiro atoms. The van der Waals surface area contributed by atoms with Crippen molar-refractivity contribution >= 4 is 30.0 Å². The highest BCUT2D eigenvalue weighted by molar-refractivity contribution is 6.38. The lowest BCUT2D eigenvalue weighted by molar-refractivity contribution is 0.0693. The van der Waals surface area contributed by atoms with Crippen molar-refractivity contribution in [2.24, 2.45) is 5.92 Å². The minimum absolute atomic E-state index is 0.0430. The van der Waals surface area contributed by atoms with Gasteiger partial charge in [-0.25, -0.2) is 17.8 Å². The number of ether oxygens (including phenoxy) is 1. The van der Waals surface area contributed by atoms with E-state index in [1.165, 1.54) is 13.3 Å². The second kappa shape index (κ2) is 9.28. The summed E-state index contributed by atoms with van der Waals surface area (Å²) < 4.78 is 51.9. The molecule has 1 saturated carbocycles. The van der Waals surface area contributed by atoms with E-state index in [-0.39, 0.29) is 28.9 Å². The molecule has 0 bridgehead atoms. The molecule has 2 aromatic rings. The second-order valence-corrected chi connectivity index (χ2v) is 8.65. The van der Waals surface area contributed by atoms with E-state index < -0.39 is 30.2 Å². The number of hydrogen-bond acceptors (Lipinski definition) is 6. The third-order valence-electron chi connectivity index (χ3n) is 6.53. The highest BCUT2D eigenvalue weighted by atomic mass is 19.2. The van der Waals surface area contributed by atoms with E-state index in [1.807, 2.05) is 11.8 Å². The number of methoxy groups -OCH3 is 1. The van der Waals surface area contributed by atoms with Gasteiger partial charge in [-0.15, -0.1) is 0 Å². The van der Waals surface area contributed by atoms with Gasteiger partial charge in [-0.3, -0.25) is 4.79 Å². The van der Waals surface area contributed by atoms with Gasteiger partial charge in [0.15, 0.2) is 11.6 Å². The first-order chi connectivity index (χ1) is 15.8. The number of carbonyl (C=O) groups is 1. The Morgan fingerprint density at radius 2 is 2.06 bits per heavy atom. The summed E-state index contributed by atoms with van der Waals surface area (Å²) in [6, 6.07) is 1.30. The molecule has 2 aliphatic rings. The van der Waals surface area contributed by atoms with Crippen LogP contribution in [0.15, 0.2) is 17.1 Å². The maximum absolute atomic E-state index is 15.4. The molecular weight excluding hydrogens is 438 g/mol. The average molecular weight is 465 g/mol. The van der Waals surface area contributed by atoms with Crippen LogP contribution in [0.1, 0.15) is 49.5 Å². The van der Waals surface area contributed by atoms with E-state index in [2.05, 4.69) is 16.9 Å². The monoisotopic (exact) mass is 465 g/mol. The number of fused-ring (bicyclic) bond motifs is 1. The van der Waals surface area contributed by atoms with Crippen molar-refractivity contribution in [1.29, 1.82) is 0 Å². The Morgan fingerprint density at radius 1 is 1.33 bits per heavy atom. The van der Waals surface area contributed by atoms with Crippen LogP contribution in [-0.2, 0) is 4.65 Å². The molecule has 7 nitrogen and oxygen atoms in total. The molecule has 2 heterocycles. The van der Waals surface area contributed by atoms with E-state index in [0.717, 1.165) is 31.9 Å². The zero-order chi connectivity index (χ0) is 23.9. The standard InChI is InChI=1S/C22H27BF3N3O4/c1-4-27-12(2)13-7-8-28(10-13)19-17(24)9-15-18(21(19)32-3)29(14-5-6-14)11-16(20(15)30)22(31)33-23(25)26/h9,11-14,27H,4-8,10H2,1-3H3/t12-,13+/m0/s1. The predicted octanol–water partition coefficient (Wildman–Crippen LogP) is 3.39. The SMILES string of the molecule is CCN[C@@H](C)[C@@H]1CCN(c2c(F)cc3c(=O)c(C(=O)OB(F)F)cn(C4CC4)c3c2OC)C1. The minimum atomic E-state index is -3.36. The summed E-state index contributed by atoms with van der Waals surface area (Å²) in [6.07, 6.45) is 3.67. The zero-order valence-corrected chi connectivity index (χ0v) is 18.9. The van der Waals surface area contributed by atoms with Crippen molar-refractivity contribution in [1.82, 2.24) is 9.88 Å². The molecule has 1 N–H and O–H groups in total. The number of nitrogens with zero attached hydrogens (tertiary/aromatic N) is 2. The lowest BCUT2D eigenvalue weighted by Crippen LogP contribution is -2.35. The molecular formula is C22H27BF3N3O4. The molecule has 1 aliphatic carbocycles. The number of hydrogen-bond donors (Lipinski definition) is 1. The summed E-state index contributed by atoms with van der Waals surface area (Å²) in [6.45, 7) is 6.24. The third kappa shape index (κ3) is 4.42. The Balaban J connectivity index is 1.85. The van der Waals surface area contributed by atoms with Crippen molar-refractivity contribution in [2.75, 3.05) is 31.6 Å². The minimum Gasteiger partial charge on any atom is -0.492 e. The largest absolute Gasteiger partial charge is 0.798 e. The van der Waals surface area contributed by atoms with E-state index in [1.54, 1.807) is 4.57 Å². The van der Waals surface area contributed by atoms with Crippen LogP contribution < -0.4 is 20.4 Å². The highest BCUT2D eigenvalue weighted by Gasteiger charge is 2.35. The number of pyridine rings is 1. The topological polar surface area (TPSA) is 72.8 Å². The van der Waals surface area contributed by atoms with Gasteiger partial charge in [-0.05, 0) is 44.7 Å². The van der Waals surface area contributed by atoms with Crippen LogP contribution in [0.3, 0.4) is 0 Å². The number of aromatic nitrogens is 1. The van der Waals surface area contributed by atoms with Crippen LogP contribution >= 0.6 is 0 Å². The van der Waals surface area contributed by atoms with Gasteiger partial charge in [0, 0.05) is 31.4 Å². The first-order valence-electron chi connectivity index (χ1n) is 11.2. The van der Waals surface area contributed by atoms with Crippen LogP contribution in [-0.4, -0.2) is 50.8 Å². The maximum atomic E-state index is 15.4. The van der Waals surface area contributed by atoms with Crippen LogP contribution in [0, 0.1) is 11.7 Å². The van der Waals surface area contributed by atoms with Gasteiger partial charge in [0.05, 0.1) is 18.0 Å². The molecule has 2 atom stereocenters. The number of benzene rings is 1. The molecule has 1 aromatic heterocycles. The number of rotatable bonds is 8. The molecule has 0 unspecified atom stereocenters. The summed E-state index contributed by atoms with van der Waals surface area (Å²) in [5.41, 5.74) is -0.785. The lowest BCUT2D eigenvalue weighted by atomic mass is 10.0.